The highest BCUT2D eigenvalue weighted by Crippen LogP contribution is 2.19. The molecule has 7 heteroatoms. The standard InChI is InChI=1S/C13H25N3O3S/c1-11(2)9-14-13(17)16-6-4-15(5-7-16)12-3-8-20(18,19)10-12/h11-12H,3-10H2,1-2H3,(H,14,17). The van der Waals surface area contributed by atoms with Crippen LogP contribution in [0.25, 0.3) is 0 Å². The van der Waals surface area contributed by atoms with Gasteiger partial charge in [-0.25, -0.2) is 13.2 Å². The smallest absolute Gasteiger partial charge is 0.317 e. The van der Waals surface area contributed by atoms with E-state index in [2.05, 4.69) is 24.1 Å². The van der Waals surface area contributed by atoms with Gasteiger partial charge in [-0.1, -0.05) is 13.8 Å². The van der Waals surface area contributed by atoms with Crippen LogP contribution in [0.1, 0.15) is 20.3 Å². The second-order valence-electron chi connectivity index (χ2n) is 6.16. The van der Waals surface area contributed by atoms with Crippen molar-refractivity contribution in [3.8, 4) is 0 Å². The Morgan fingerprint density at radius 3 is 2.40 bits per heavy atom. The number of hydrogen-bond donors (Lipinski definition) is 1. The third kappa shape index (κ3) is 4.09. The van der Waals surface area contributed by atoms with Gasteiger partial charge in [0.15, 0.2) is 9.84 Å². The van der Waals surface area contributed by atoms with Gasteiger partial charge in [-0.15, -0.1) is 0 Å². The van der Waals surface area contributed by atoms with Crippen molar-refractivity contribution in [3.63, 3.8) is 0 Å². The average molecular weight is 303 g/mol. The SMILES string of the molecule is CC(C)CNC(=O)N1CCN(C2CCS(=O)(=O)C2)CC1. The minimum atomic E-state index is -2.83. The van der Waals surface area contributed by atoms with E-state index in [-0.39, 0.29) is 17.8 Å². The Kier molecular flexibility index (Phi) is 4.90. The number of carbonyl (C=O) groups is 1. The zero-order valence-electron chi connectivity index (χ0n) is 12.3. The van der Waals surface area contributed by atoms with Crippen LogP contribution in [0.3, 0.4) is 0 Å². The largest absolute Gasteiger partial charge is 0.338 e. The molecule has 2 aliphatic rings. The van der Waals surface area contributed by atoms with Crippen LogP contribution in [0.15, 0.2) is 0 Å². The monoisotopic (exact) mass is 303 g/mol. The van der Waals surface area contributed by atoms with Gasteiger partial charge in [-0.2, -0.15) is 0 Å². The summed E-state index contributed by atoms with van der Waals surface area (Å²) in [4.78, 5) is 16.0. The number of nitrogens with zero attached hydrogens (tertiary/aromatic N) is 2. The quantitative estimate of drug-likeness (QED) is 0.806. The maximum Gasteiger partial charge on any atom is 0.317 e. The van der Waals surface area contributed by atoms with Gasteiger partial charge in [-0.05, 0) is 12.3 Å². The molecule has 1 unspecified atom stereocenters. The van der Waals surface area contributed by atoms with Crippen LogP contribution >= 0.6 is 0 Å². The first kappa shape index (κ1) is 15.6. The van der Waals surface area contributed by atoms with Crippen molar-refractivity contribution in [2.75, 3.05) is 44.2 Å². The van der Waals surface area contributed by atoms with E-state index in [0.717, 1.165) is 19.5 Å². The van der Waals surface area contributed by atoms with Gasteiger partial charge >= 0.3 is 6.03 Å². The maximum atomic E-state index is 11.9. The highest BCUT2D eigenvalue weighted by Gasteiger charge is 2.34. The van der Waals surface area contributed by atoms with Gasteiger partial charge in [0.1, 0.15) is 0 Å². The molecule has 2 saturated heterocycles. The van der Waals surface area contributed by atoms with Crippen molar-refractivity contribution in [1.82, 2.24) is 15.1 Å². The molecule has 116 valence electrons. The van der Waals surface area contributed by atoms with Gasteiger partial charge in [0.2, 0.25) is 0 Å². The Bertz CT molecular complexity index is 442. The summed E-state index contributed by atoms with van der Waals surface area (Å²) in [6, 6.07) is 0.151. The third-order valence-electron chi connectivity index (χ3n) is 3.99. The van der Waals surface area contributed by atoms with Crippen molar-refractivity contribution in [2.24, 2.45) is 5.92 Å². The lowest BCUT2D eigenvalue weighted by Crippen LogP contribution is -2.54. The van der Waals surface area contributed by atoms with E-state index in [0.29, 0.717) is 31.3 Å². The number of urea groups is 1. The first-order chi connectivity index (χ1) is 9.37. The summed E-state index contributed by atoms with van der Waals surface area (Å²) >= 11 is 0. The van der Waals surface area contributed by atoms with Gasteiger partial charge < -0.3 is 10.2 Å². The Morgan fingerprint density at radius 2 is 1.90 bits per heavy atom. The lowest BCUT2D eigenvalue weighted by atomic mass is 10.2. The van der Waals surface area contributed by atoms with Crippen LogP contribution in [0.4, 0.5) is 4.79 Å². The summed E-state index contributed by atoms with van der Waals surface area (Å²) in [7, 11) is -2.83. The number of nitrogens with one attached hydrogen (secondary N) is 1. The van der Waals surface area contributed by atoms with Crippen LogP contribution in [-0.4, -0.2) is 74.5 Å². The van der Waals surface area contributed by atoms with E-state index < -0.39 is 9.84 Å². The molecule has 0 aromatic carbocycles. The number of hydrogen-bond acceptors (Lipinski definition) is 4. The molecule has 2 rings (SSSR count). The highest BCUT2D eigenvalue weighted by molar-refractivity contribution is 7.91. The normalized spacial score (nSPS) is 26.9. The summed E-state index contributed by atoms with van der Waals surface area (Å²) in [5.41, 5.74) is 0. The van der Waals surface area contributed by atoms with Crippen molar-refractivity contribution in [1.29, 1.82) is 0 Å². The molecule has 0 aromatic heterocycles. The molecule has 0 saturated carbocycles. The fraction of sp³-hybridized carbons (Fsp3) is 0.923. The molecular formula is C13H25N3O3S. The molecule has 1 N–H and O–H groups in total. The molecule has 2 heterocycles. The molecule has 0 aromatic rings. The molecule has 0 radical (unpaired) electrons. The highest BCUT2D eigenvalue weighted by atomic mass is 32.2. The topological polar surface area (TPSA) is 69.7 Å². The minimum absolute atomic E-state index is 0.00241. The molecule has 0 aliphatic carbocycles. The lowest BCUT2D eigenvalue weighted by Gasteiger charge is -2.37. The van der Waals surface area contributed by atoms with Crippen molar-refractivity contribution in [2.45, 2.75) is 26.3 Å². The van der Waals surface area contributed by atoms with Gasteiger partial charge in [0.05, 0.1) is 11.5 Å². The number of rotatable bonds is 3. The van der Waals surface area contributed by atoms with E-state index in [1.807, 2.05) is 4.90 Å². The Hall–Kier alpha value is -0.820. The second kappa shape index (κ2) is 6.30. The summed E-state index contributed by atoms with van der Waals surface area (Å²) < 4.78 is 23.0. The zero-order valence-corrected chi connectivity index (χ0v) is 13.2. The second-order valence-corrected chi connectivity index (χ2v) is 8.39. The van der Waals surface area contributed by atoms with Crippen LogP contribution in [-0.2, 0) is 9.84 Å². The average Bonchev–Trinajstić information content (AvgIpc) is 2.76. The minimum Gasteiger partial charge on any atom is -0.338 e. The van der Waals surface area contributed by atoms with Gasteiger partial charge in [-0.3, -0.25) is 4.90 Å². The molecule has 20 heavy (non-hydrogen) atoms. The first-order valence-electron chi connectivity index (χ1n) is 7.34. The van der Waals surface area contributed by atoms with Crippen LogP contribution in [0, 0.1) is 5.92 Å². The first-order valence-corrected chi connectivity index (χ1v) is 9.17. The third-order valence-corrected chi connectivity index (χ3v) is 5.74. The molecule has 0 spiro atoms. The zero-order chi connectivity index (χ0) is 14.8. The predicted octanol–water partition coefficient (Wildman–Crippen LogP) is 0.157. The molecule has 2 amide bonds. The molecule has 1 atom stereocenters. The van der Waals surface area contributed by atoms with E-state index in [9.17, 15) is 13.2 Å². The van der Waals surface area contributed by atoms with Gasteiger partial charge in [0, 0.05) is 38.8 Å². The summed E-state index contributed by atoms with van der Waals surface area (Å²) in [6.07, 6.45) is 0.738. The molecule has 2 fully saturated rings. The fourth-order valence-electron chi connectivity index (χ4n) is 2.76. The number of amides is 2. The summed E-state index contributed by atoms with van der Waals surface area (Å²) in [6.45, 7) is 7.74. The molecule has 2 aliphatic heterocycles. The van der Waals surface area contributed by atoms with Crippen molar-refractivity contribution >= 4 is 15.9 Å². The van der Waals surface area contributed by atoms with Crippen LogP contribution in [0.5, 0.6) is 0 Å². The Labute approximate surface area is 121 Å². The molecular weight excluding hydrogens is 278 g/mol. The van der Waals surface area contributed by atoms with E-state index in [4.69, 9.17) is 0 Å². The Morgan fingerprint density at radius 1 is 1.25 bits per heavy atom. The number of sulfone groups is 1. The van der Waals surface area contributed by atoms with Crippen LogP contribution < -0.4 is 5.32 Å². The van der Waals surface area contributed by atoms with E-state index in [1.165, 1.54) is 0 Å². The van der Waals surface area contributed by atoms with Crippen molar-refractivity contribution in [3.05, 3.63) is 0 Å². The van der Waals surface area contributed by atoms with Crippen molar-refractivity contribution < 1.29 is 13.2 Å². The summed E-state index contributed by atoms with van der Waals surface area (Å²) in [5.74, 6) is 1.04. The van der Waals surface area contributed by atoms with E-state index >= 15 is 0 Å². The van der Waals surface area contributed by atoms with Gasteiger partial charge in [0.25, 0.3) is 0 Å². The summed E-state index contributed by atoms with van der Waals surface area (Å²) in [5, 5.41) is 2.92. The number of piperazine rings is 1. The lowest BCUT2D eigenvalue weighted by molar-refractivity contribution is 0.115. The molecule has 6 nitrogen and oxygen atoms in total. The maximum absolute atomic E-state index is 11.9. The molecule has 0 bridgehead atoms. The van der Waals surface area contributed by atoms with E-state index in [1.54, 1.807) is 0 Å². The predicted molar refractivity (Wildman–Crippen MR) is 78.4 cm³/mol. The van der Waals surface area contributed by atoms with Crippen LogP contribution in [0.2, 0.25) is 0 Å². The fourth-order valence-corrected chi connectivity index (χ4v) is 4.52. The Balaban J connectivity index is 1.76. The number of carbonyl (C=O) groups excluding carboxylic acids is 1.